The Hall–Kier alpha value is -1.06. The Balaban J connectivity index is 0.000000249. The van der Waals surface area contributed by atoms with Crippen molar-refractivity contribution in [2.45, 2.75) is 6.36 Å². The monoisotopic (exact) mass is 212 g/mol. The fourth-order valence-corrected chi connectivity index (χ4v) is 0.445. The van der Waals surface area contributed by atoms with E-state index in [-0.39, 0.29) is 0 Å². The molecule has 9 heteroatoms. The van der Waals surface area contributed by atoms with E-state index in [1.165, 1.54) is 0 Å². The molecular weight excluding hydrogens is 204 g/mol. The second kappa shape index (κ2) is 5.63. The van der Waals surface area contributed by atoms with Gasteiger partial charge < -0.3 is 14.6 Å². The molecule has 1 heterocycles. The van der Waals surface area contributed by atoms with Crippen molar-refractivity contribution in [3.8, 4) is 0 Å². The van der Waals surface area contributed by atoms with Crippen LogP contribution in [0.2, 0.25) is 0 Å². The van der Waals surface area contributed by atoms with Crippen LogP contribution in [-0.4, -0.2) is 33.3 Å². The zero-order chi connectivity index (χ0) is 11.2. The lowest BCUT2D eigenvalue weighted by Crippen LogP contribution is -2.27. The van der Waals surface area contributed by atoms with Crippen molar-refractivity contribution < 1.29 is 27.9 Å². The number of aromatic nitrogens is 2. The number of hydrogen-bond donors (Lipinski definition) is 2. The summed E-state index contributed by atoms with van der Waals surface area (Å²) in [6, 6.07) is 0. The minimum Gasteiger partial charge on any atom is -0.402 e. The largest absolute Gasteiger partial charge is 0.640 e. The van der Waals surface area contributed by atoms with Gasteiger partial charge in [0.1, 0.15) is 0 Å². The maximum absolute atomic E-state index is 10.8. The van der Waals surface area contributed by atoms with Crippen molar-refractivity contribution in [3.63, 3.8) is 0 Å². The van der Waals surface area contributed by atoms with E-state index in [0.717, 1.165) is 0 Å². The Morgan fingerprint density at radius 1 is 1.43 bits per heavy atom. The summed E-state index contributed by atoms with van der Waals surface area (Å²) in [5, 5.41) is 15.0. The van der Waals surface area contributed by atoms with Crippen molar-refractivity contribution in [1.82, 2.24) is 9.55 Å². The Morgan fingerprint density at radius 2 is 2.00 bits per heavy atom. The first-order valence-electron chi connectivity index (χ1n) is 3.34. The number of hydrogen-bond acceptors (Lipinski definition) is 4. The van der Waals surface area contributed by atoms with Crippen molar-refractivity contribution in [3.05, 3.63) is 18.7 Å². The molecule has 0 aromatic carbocycles. The lowest BCUT2D eigenvalue weighted by molar-refractivity contribution is -0.288. The van der Waals surface area contributed by atoms with Gasteiger partial charge in [-0.3, -0.25) is 4.65 Å². The number of rotatable bonds is 1. The Morgan fingerprint density at radius 3 is 2.07 bits per heavy atom. The second-order valence-electron chi connectivity index (χ2n) is 2.12. The Kier molecular flexibility index (Phi) is 5.20. The van der Waals surface area contributed by atoms with Crippen LogP contribution in [0.1, 0.15) is 0 Å². The standard InChI is InChI=1S/C4H6N2.CH2BF3O3/c1-6-3-2-5-4-6;3-1(4,5)8-2(6)7/h2-4H,1H3;6-7H. The maximum Gasteiger partial charge on any atom is 0.640 e. The van der Waals surface area contributed by atoms with E-state index in [1.54, 1.807) is 12.5 Å². The summed E-state index contributed by atoms with van der Waals surface area (Å²) in [4.78, 5) is 3.78. The van der Waals surface area contributed by atoms with Crippen molar-refractivity contribution >= 4 is 7.32 Å². The molecule has 0 saturated carbocycles. The van der Waals surface area contributed by atoms with Crippen LogP contribution in [0.15, 0.2) is 18.7 Å². The molecule has 0 fully saturated rings. The summed E-state index contributed by atoms with van der Waals surface area (Å²) in [7, 11) is -0.845. The highest BCUT2D eigenvalue weighted by Crippen LogP contribution is 2.15. The minimum atomic E-state index is -4.98. The second-order valence-corrected chi connectivity index (χ2v) is 2.12. The first-order valence-corrected chi connectivity index (χ1v) is 3.34. The van der Waals surface area contributed by atoms with Crippen LogP contribution < -0.4 is 0 Å². The predicted molar refractivity (Wildman–Crippen MR) is 40.5 cm³/mol. The molecule has 1 rings (SSSR count). The molecule has 14 heavy (non-hydrogen) atoms. The quantitative estimate of drug-likeness (QED) is 0.638. The van der Waals surface area contributed by atoms with Gasteiger partial charge in [-0.1, -0.05) is 0 Å². The fourth-order valence-electron chi connectivity index (χ4n) is 0.445. The van der Waals surface area contributed by atoms with E-state index in [2.05, 4.69) is 9.64 Å². The third kappa shape index (κ3) is 9.04. The van der Waals surface area contributed by atoms with Crippen LogP contribution in [-0.2, 0) is 11.7 Å². The normalized spacial score (nSPS) is 10.4. The van der Waals surface area contributed by atoms with E-state index in [4.69, 9.17) is 10.0 Å². The van der Waals surface area contributed by atoms with E-state index in [0.29, 0.717) is 0 Å². The summed E-state index contributed by atoms with van der Waals surface area (Å²) in [5.74, 6) is 0. The predicted octanol–water partition coefficient (Wildman–Crippen LogP) is -0.0876. The number of aryl methyl sites for hydroxylation is 1. The van der Waals surface area contributed by atoms with Gasteiger partial charge in [-0.2, -0.15) is 0 Å². The molecule has 0 aliphatic carbocycles. The van der Waals surface area contributed by atoms with Crippen LogP contribution in [0.3, 0.4) is 0 Å². The number of alkyl halides is 3. The fraction of sp³-hybridized carbons (Fsp3) is 0.400. The van der Waals surface area contributed by atoms with Gasteiger partial charge in [-0.05, 0) is 0 Å². The van der Waals surface area contributed by atoms with Gasteiger partial charge >= 0.3 is 13.7 Å². The van der Waals surface area contributed by atoms with Gasteiger partial charge in [0.05, 0.1) is 6.33 Å². The number of imidazole rings is 1. The van der Waals surface area contributed by atoms with E-state index < -0.39 is 13.7 Å². The minimum absolute atomic E-state index is 1.75. The highest BCUT2D eigenvalue weighted by Gasteiger charge is 2.34. The van der Waals surface area contributed by atoms with Gasteiger partial charge in [0.2, 0.25) is 0 Å². The molecule has 0 aliphatic rings. The lowest BCUT2D eigenvalue weighted by Gasteiger charge is -2.03. The van der Waals surface area contributed by atoms with Crippen molar-refractivity contribution in [1.29, 1.82) is 0 Å². The van der Waals surface area contributed by atoms with E-state index in [9.17, 15) is 13.2 Å². The zero-order valence-electron chi connectivity index (χ0n) is 7.14. The van der Waals surface area contributed by atoms with Gasteiger partial charge in [0.25, 0.3) is 0 Å². The average Bonchev–Trinajstić information content (AvgIpc) is 2.34. The van der Waals surface area contributed by atoms with Crippen LogP contribution in [0.4, 0.5) is 13.2 Å². The Labute approximate surface area is 77.9 Å². The van der Waals surface area contributed by atoms with Crippen LogP contribution >= 0.6 is 0 Å². The third-order valence-corrected chi connectivity index (χ3v) is 0.876. The third-order valence-electron chi connectivity index (χ3n) is 0.876. The smallest absolute Gasteiger partial charge is 0.402 e. The highest BCUT2D eigenvalue weighted by atomic mass is 19.4. The number of nitrogens with zero attached hydrogens (tertiary/aromatic N) is 2. The van der Waals surface area contributed by atoms with Gasteiger partial charge in [0, 0.05) is 19.4 Å². The first-order chi connectivity index (χ1) is 6.31. The highest BCUT2D eigenvalue weighted by molar-refractivity contribution is 6.32. The van der Waals surface area contributed by atoms with Crippen LogP contribution in [0.5, 0.6) is 0 Å². The van der Waals surface area contributed by atoms with Gasteiger partial charge in [-0.25, -0.2) is 4.98 Å². The number of halogens is 3. The summed E-state index contributed by atoms with van der Waals surface area (Å²) in [5.41, 5.74) is 0. The molecule has 0 bridgehead atoms. The molecule has 0 amide bonds. The van der Waals surface area contributed by atoms with Crippen LogP contribution in [0, 0.1) is 0 Å². The van der Waals surface area contributed by atoms with E-state index in [1.807, 2.05) is 17.8 Å². The van der Waals surface area contributed by atoms with Gasteiger partial charge in [0.15, 0.2) is 0 Å². The Bertz CT molecular complexity index is 239. The molecule has 1 aromatic rings. The molecule has 1 aromatic heterocycles. The summed E-state index contributed by atoms with van der Waals surface area (Å²) < 4.78 is 36.7. The first kappa shape index (κ1) is 12.9. The lowest BCUT2D eigenvalue weighted by atomic mass is 10.3. The molecule has 2 N–H and O–H groups in total. The average molecular weight is 212 g/mol. The summed E-state index contributed by atoms with van der Waals surface area (Å²) in [6.07, 6.45) is 0.411. The molecule has 0 saturated heterocycles. The molecule has 0 atom stereocenters. The summed E-state index contributed by atoms with van der Waals surface area (Å²) in [6.45, 7) is 0. The molecule has 0 radical (unpaired) electrons. The topological polar surface area (TPSA) is 67.5 Å². The molecule has 0 spiro atoms. The molecule has 0 unspecified atom stereocenters. The summed E-state index contributed by atoms with van der Waals surface area (Å²) >= 11 is 0. The zero-order valence-corrected chi connectivity index (χ0v) is 7.14. The maximum atomic E-state index is 10.8. The molecule has 0 aliphatic heterocycles. The molecule has 5 nitrogen and oxygen atoms in total. The van der Waals surface area contributed by atoms with Crippen molar-refractivity contribution in [2.24, 2.45) is 7.05 Å². The molecular formula is C5H8BF3N2O3. The van der Waals surface area contributed by atoms with Crippen LogP contribution in [0.25, 0.3) is 0 Å². The van der Waals surface area contributed by atoms with Gasteiger partial charge in [-0.15, -0.1) is 13.2 Å². The molecule has 80 valence electrons. The SMILES string of the molecule is Cn1ccnc1.OB(O)OC(F)(F)F. The van der Waals surface area contributed by atoms with E-state index >= 15 is 0 Å². The van der Waals surface area contributed by atoms with Crippen molar-refractivity contribution in [2.75, 3.05) is 0 Å².